The molecule has 0 saturated carbocycles. The Bertz CT molecular complexity index is 635. The Morgan fingerprint density at radius 2 is 2.22 bits per heavy atom. The summed E-state index contributed by atoms with van der Waals surface area (Å²) in [5.74, 6) is -1.29. The molecule has 0 aliphatic rings. The number of benzene rings is 1. The number of rotatable bonds is 3. The van der Waals surface area contributed by atoms with Crippen molar-refractivity contribution in [3.8, 4) is 5.69 Å². The van der Waals surface area contributed by atoms with Crippen molar-refractivity contribution in [1.29, 1.82) is 0 Å². The van der Waals surface area contributed by atoms with Gasteiger partial charge < -0.3 is 10.8 Å². The summed E-state index contributed by atoms with van der Waals surface area (Å²) in [6.45, 7) is 0. The second-order valence-electron chi connectivity index (χ2n) is 3.44. The number of hydrogen-bond acceptors (Lipinski definition) is 5. The molecule has 0 spiro atoms. The molecule has 0 aliphatic carbocycles. The summed E-state index contributed by atoms with van der Waals surface area (Å²) in [6.07, 6.45) is 1.09. The Labute approximate surface area is 100 Å². The Kier molecular flexibility index (Phi) is 2.68. The third-order valence-electron chi connectivity index (χ3n) is 2.32. The molecule has 18 heavy (non-hydrogen) atoms. The quantitative estimate of drug-likeness (QED) is 0.618. The molecule has 1 aromatic carbocycles. The molecule has 0 unspecified atom stereocenters. The van der Waals surface area contributed by atoms with Crippen LogP contribution in [-0.4, -0.2) is 25.8 Å². The van der Waals surface area contributed by atoms with Crippen molar-refractivity contribution < 1.29 is 14.8 Å². The van der Waals surface area contributed by atoms with Crippen LogP contribution in [0.3, 0.4) is 0 Å². The number of nitrogens with zero attached hydrogens (tertiary/aromatic N) is 3. The van der Waals surface area contributed by atoms with Gasteiger partial charge in [0.15, 0.2) is 0 Å². The second kappa shape index (κ2) is 4.17. The van der Waals surface area contributed by atoms with E-state index in [2.05, 4.69) is 5.10 Å². The van der Waals surface area contributed by atoms with Gasteiger partial charge in [-0.25, -0.2) is 9.48 Å². The van der Waals surface area contributed by atoms with Gasteiger partial charge in [-0.3, -0.25) is 10.1 Å². The van der Waals surface area contributed by atoms with Crippen LogP contribution in [0.15, 0.2) is 30.5 Å². The molecule has 0 radical (unpaired) electrons. The SMILES string of the molecule is Nc1c(C(=O)O)cnn1-c1cccc([N+](=O)[O-])c1. The minimum atomic E-state index is -1.20. The number of nitrogens with two attached hydrogens (primary N) is 1. The van der Waals surface area contributed by atoms with Crippen LogP contribution in [0.2, 0.25) is 0 Å². The number of aromatic nitrogens is 2. The highest BCUT2D eigenvalue weighted by Gasteiger charge is 2.16. The van der Waals surface area contributed by atoms with Gasteiger partial charge in [-0.05, 0) is 6.07 Å². The molecule has 92 valence electrons. The van der Waals surface area contributed by atoms with Crippen molar-refractivity contribution in [2.75, 3.05) is 5.73 Å². The standard InChI is InChI=1S/C10H8N4O4/c11-9-8(10(15)16)5-12-13(9)6-2-1-3-7(4-6)14(17)18/h1-5H,11H2,(H,15,16). The van der Waals surface area contributed by atoms with Crippen LogP contribution < -0.4 is 5.73 Å². The normalized spacial score (nSPS) is 10.2. The van der Waals surface area contributed by atoms with E-state index in [1.54, 1.807) is 6.07 Å². The van der Waals surface area contributed by atoms with Crippen LogP contribution >= 0.6 is 0 Å². The monoisotopic (exact) mass is 248 g/mol. The number of non-ortho nitro benzene ring substituents is 1. The number of nitrogen functional groups attached to an aromatic ring is 1. The fourth-order valence-electron chi connectivity index (χ4n) is 1.47. The van der Waals surface area contributed by atoms with E-state index in [1.807, 2.05) is 0 Å². The summed E-state index contributed by atoms with van der Waals surface area (Å²) in [5.41, 5.74) is 5.66. The van der Waals surface area contributed by atoms with Crippen molar-refractivity contribution in [1.82, 2.24) is 9.78 Å². The van der Waals surface area contributed by atoms with Gasteiger partial charge in [-0.2, -0.15) is 5.10 Å². The van der Waals surface area contributed by atoms with Gasteiger partial charge in [-0.15, -0.1) is 0 Å². The molecule has 0 atom stereocenters. The van der Waals surface area contributed by atoms with Crippen LogP contribution in [0, 0.1) is 10.1 Å². The maximum atomic E-state index is 10.8. The van der Waals surface area contributed by atoms with Gasteiger partial charge in [0.2, 0.25) is 0 Å². The molecule has 8 heteroatoms. The van der Waals surface area contributed by atoms with E-state index >= 15 is 0 Å². The fraction of sp³-hybridized carbons (Fsp3) is 0. The number of nitro benzene ring substituents is 1. The Morgan fingerprint density at radius 3 is 2.78 bits per heavy atom. The average Bonchev–Trinajstić information content (AvgIpc) is 2.71. The first-order valence-electron chi connectivity index (χ1n) is 4.82. The van der Waals surface area contributed by atoms with E-state index in [0.29, 0.717) is 5.69 Å². The summed E-state index contributed by atoms with van der Waals surface area (Å²) < 4.78 is 1.14. The lowest BCUT2D eigenvalue weighted by atomic mass is 10.3. The molecule has 0 fully saturated rings. The second-order valence-corrected chi connectivity index (χ2v) is 3.44. The minimum Gasteiger partial charge on any atom is -0.477 e. The molecule has 2 aromatic rings. The predicted molar refractivity (Wildman–Crippen MR) is 61.6 cm³/mol. The van der Waals surface area contributed by atoms with Gasteiger partial charge in [0.25, 0.3) is 5.69 Å². The topological polar surface area (TPSA) is 124 Å². The largest absolute Gasteiger partial charge is 0.477 e. The van der Waals surface area contributed by atoms with E-state index in [-0.39, 0.29) is 17.1 Å². The highest BCUT2D eigenvalue weighted by Crippen LogP contribution is 2.20. The first-order chi connectivity index (χ1) is 8.50. The number of carboxylic acid groups (broad SMARTS) is 1. The lowest BCUT2D eigenvalue weighted by molar-refractivity contribution is -0.384. The summed E-state index contributed by atoms with van der Waals surface area (Å²) >= 11 is 0. The third-order valence-corrected chi connectivity index (χ3v) is 2.32. The van der Waals surface area contributed by atoms with E-state index in [9.17, 15) is 14.9 Å². The molecular formula is C10H8N4O4. The molecule has 0 saturated heterocycles. The predicted octanol–water partition coefficient (Wildman–Crippen LogP) is 1.06. The molecular weight excluding hydrogens is 240 g/mol. The molecule has 1 aromatic heterocycles. The molecule has 8 nitrogen and oxygen atoms in total. The van der Waals surface area contributed by atoms with Crippen molar-refractivity contribution in [3.05, 3.63) is 46.1 Å². The molecule has 1 heterocycles. The summed E-state index contributed by atoms with van der Waals surface area (Å²) in [5, 5.41) is 23.3. The van der Waals surface area contributed by atoms with E-state index in [1.165, 1.54) is 18.2 Å². The van der Waals surface area contributed by atoms with Gasteiger partial charge >= 0.3 is 5.97 Å². The van der Waals surface area contributed by atoms with Gasteiger partial charge in [-0.1, -0.05) is 6.07 Å². The van der Waals surface area contributed by atoms with Crippen molar-refractivity contribution in [3.63, 3.8) is 0 Å². The van der Waals surface area contributed by atoms with Crippen LogP contribution in [0.1, 0.15) is 10.4 Å². The smallest absolute Gasteiger partial charge is 0.341 e. The zero-order chi connectivity index (χ0) is 13.3. The Morgan fingerprint density at radius 1 is 1.50 bits per heavy atom. The average molecular weight is 248 g/mol. The number of nitro groups is 1. The maximum absolute atomic E-state index is 10.8. The summed E-state index contributed by atoms with van der Waals surface area (Å²) in [4.78, 5) is 20.9. The molecule has 2 rings (SSSR count). The number of anilines is 1. The lowest BCUT2D eigenvalue weighted by Gasteiger charge is -2.03. The number of hydrogen-bond donors (Lipinski definition) is 2. The third kappa shape index (κ3) is 1.86. The van der Waals surface area contributed by atoms with Crippen LogP contribution in [0.5, 0.6) is 0 Å². The molecule has 0 amide bonds. The van der Waals surface area contributed by atoms with E-state index < -0.39 is 10.9 Å². The van der Waals surface area contributed by atoms with E-state index in [0.717, 1.165) is 10.9 Å². The first kappa shape index (κ1) is 11.6. The molecule has 3 N–H and O–H groups in total. The maximum Gasteiger partial charge on any atom is 0.341 e. The number of carboxylic acids is 1. The Balaban J connectivity index is 2.52. The summed E-state index contributed by atoms with van der Waals surface area (Å²) in [7, 11) is 0. The van der Waals surface area contributed by atoms with Crippen LogP contribution in [0.25, 0.3) is 5.69 Å². The fourth-order valence-corrected chi connectivity index (χ4v) is 1.47. The van der Waals surface area contributed by atoms with E-state index in [4.69, 9.17) is 10.8 Å². The van der Waals surface area contributed by atoms with Crippen molar-refractivity contribution in [2.24, 2.45) is 0 Å². The molecule has 0 aliphatic heterocycles. The summed E-state index contributed by atoms with van der Waals surface area (Å²) in [6, 6.07) is 5.59. The number of carbonyl (C=O) groups is 1. The Hall–Kier alpha value is -2.90. The lowest BCUT2D eigenvalue weighted by Crippen LogP contribution is -2.05. The van der Waals surface area contributed by atoms with Crippen molar-refractivity contribution >= 4 is 17.5 Å². The highest BCUT2D eigenvalue weighted by molar-refractivity contribution is 5.92. The molecule has 0 bridgehead atoms. The van der Waals surface area contributed by atoms with Crippen molar-refractivity contribution in [2.45, 2.75) is 0 Å². The zero-order valence-electron chi connectivity index (χ0n) is 8.98. The van der Waals surface area contributed by atoms with Gasteiger partial charge in [0.1, 0.15) is 11.4 Å². The van der Waals surface area contributed by atoms with Crippen LogP contribution in [0.4, 0.5) is 11.5 Å². The van der Waals surface area contributed by atoms with Gasteiger partial charge in [0, 0.05) is 12.1 Å². The highest BCUT2D eigenvalue weighted by atomic mass is 16.6. The van der Waals surface area contributed by atoms with Crippen LogP contribution in [-0.2, 0) is 0 Å². The first-order valence-corrected chi connectivity index (χ1v) is 4.82. The number of aromatic carboxylic acids is 1. The zero-order valence-corrected chi connectivity index (χ0v) is 8.98. The minimum absolute atomic E-state index is 0.0806. The van der Waals surface area contributed by atoms with Gasteiger partial charge in [0.05, 0.1) is 16.8 Å².